The van der Waals surface area contributed by atoms with E-state index in [1.165, 1.54) is 11.6 Å². The van der Waals surface area contributed by atoms with Gasteiger partial charge in [-0.1, -0.05) is 11.6 Å². The molecule has 4 N–H and O–H groups in total. The maximum Gasteiger partial charge on any atom is 0.293 e. The molecule has 2 saturated heterocycles. The summed E-state index contributed by atoms with van der Waals surface area (Å²) < 4.78 is 8.77. The van der Waals surface area contributed by atoms with Gasteiger partial charge in [-0.3, -0.25) is 29.2 Å². The molecule has 5 heterocycles. The molecular formula is C36H39ClN10O5. The standard InChI is InChI=1S/C36H39ClN10O5/c1-38-31(49)19-52-29-14-21-13-22(6-10-27(21)45(2)35(29)51)41-33-26(37)17-40-36(43-33)39-16-20-5-4-12-47(18-20)23-7-8-24-28(15-23)46(3)44-32(24)25-9-11-30(48)42-34(25)50/h6-8,10,13-15,17,20,25H,4-5,9,11-12,16,18-19H2,1-3H3,(H,38,49)(H,42,48,50)(H2,39,40,41,43)/t20-,25?/m1/s1. The molecule has 0 radical (unpaired) electrons. The van der Waals surface area contributed by atoms with Crippen molar-refractivity contribution in [3.63, 3.8) is 0 Å². The first-order chi connectivity index (χ1) is 25.1. The van der Waals surface area contributed by atoms with Crippen molar-refractivity contribution in [3.8, 4) is 5.75 Å². The summed E-state index contributed by atoms with van der Waals surface area (Å²) in [6, 6.07) is 13.3. The van der Waals surface area contributed by atoms with Crippen molar-refractivity contribution in [2.45, 2.75) is 31.6 Å². The van der Waals surface area contributed by atoms with Crippen LogP contribution < -0.4 is 36.5 Å². The molecule has 3 amide bonds. The molecule has 5 aromatic rings. The number of hydrogen-bond donors (Lipinski definition) is 4. The van der Waals surface area contributed by atoms with E-state index in [1.807, 2.05) is 36.0 Å². The van der Waals surface area contributed by atoms with E-state index < -0.39 is 5.92 Å². The van der Waals surface area contributed by atoms with E-state index in [9.17, 15) is 19.2 Å². The molecule has 2 atom stereocenters. The summed E-state index contributed by atoms with van der Waals surface area (Å²) in [6.07, 6.45) is 4.39. The average Bonchev–Trinajstić information content (AvgIpc) is 3.47. The molecule has 7 rings (SSSR count). The predicted octanol–water partition coefficient (Wildman–Crippen LogP) is 3.59. The molecule has 52 heavy (non-hydrogen) atoms. The van der Waals surface area contributed by atoms with Gasteiger partial charge in [0, 0.05) is 69.3 Å². The number of likely N-dealkylation sites (N-methyl/N-ethyl adjacent to an activating group) is 1. The van der Waals surface area contributed by atoms with Crippen LogP contribution in [0.3, 0.4) is 0 Å². The minimum Gasteiger partial charge on any atom is -0.478 e. The molecular weight excluding hydrogens is 688 g/mol. The number of carbonyl (C=O) groups is 3. The number of imide groups is 1. The third kappa shape index (κ3) is 7.08. The minimum absolute atomic E-state index is 0.0695. The van der Waals surface area contributed by atoms with Gasteiger partial charge >= 0.3 is 0 Å². The van der Waals surface area contributed by atoms with E-state index in [-0.39, 0.29) is 35.6 Å². The fourth-order valence-electron chi connectivity index (χ4n) is 6.91. The van der Waals surface area contributed by atoms with E-state index in [2.05, 4.69) is 53.4 Å². The summed E-state index contributed by atoms with van der Waals surface area (Å²) in [7, 11) is 5.03. The van der Waals surface area contributed by atoms with Crippen LogP contribution in [0.1, 0.15) is 37.3 Å². The number of aryl methyl sites for hydroxylation is 2. The smallest absolute Gasteiger partial charge is 0.293 e. The van der Waals surface area contributed by atoms with Crippen molar-refractivity contribution in [3.05, 3.63) is 69.7 Å². The van der Waals surface area contributed by atoms with Crippen LogP contribution in [0.4, 0.5) is 23.1 Å². The quantitative estimate of drug-likeness (QED) is 0.155. The highest BCUT2D eigenvalue weighted by Gasteiger charge is 2.32. The van der Waals surface area contributed by atoms with E-state index in [4.69, 9.17) is 16.3 Å². The van der Waals surface area contributed by atoms with Crippen LogP contribution in [-0.4, -0.2) is 75.3 Å². The number of fused-ring (bicyclic) bond motifs is 2. The summed E-state index contributed by atoms with van der Waals surface area (Å²) in [5.74, 6) is -0.0475. The second-order valence-electron chi connectivity index (χ2n) is 13.2. The van der Waals surface area contributed by atoms with E-state index >= 15 is 0 Å². The van der Waals surface area contributed by atoms with Crippen molar-refractivity contribution in [1.82, 2.24) is 34.9 Å². The summed E-state index contributed by atoms with van der Waals surface area (Å²) in [5, 5.41) is 18.3. The SMILES string of the molecule is CNC(=O)COc1cc2cc(Nc3nc(NC[C@H]4CCCN(c5ccc6c(C7CCC(=O)NC7=O)nn(C)c6c5)C4)ncc3Cl)ccc2n(C)c1=O. The molecule has 0 aliphatic carbocycles. The zero-order chi connectivity index (χ0) is 36.5. The molecule has 2 aliphatic rings. The van der Waals surface area contributed by atoms with Gasteiger partial charge in [-0.25, -0.2) is 4.98 Å². The summed E-state index contributed by atoms with van der Waals surface area (Å²) in [5.41, 5.74) is 3.77. The Morgan fingerprint density at radius 3 is 2.73 bits per heavy atom. The monoisotopic (exact) mass is 726 g/mol. The van der Waals surface area contributed by atoms with Crippen LogP contribution in [-0.2, 0) is 28.5 Å². The van der Waals surface area contributed by atoms with Crippen LogP contribution >= 0.6 is 11.6 Å². The third-order valence-electron chi connectivity index (χ3n) is 9.70. The van der Waals surface area contributed by atoms with E-state index in [1.54, 1.807) is 19.3 Å². The number of pyridine rings is 1. The Morgan fingerprint density at radius 1 is 1.08 bits per heavy atom. The second-order valence-corrected chi connectivity index (χ2v) is 13.6. The highest BCUT2D eigenvalue weighted by molar-refractivity contribution is 6.33. The largest absolute Gasteiger partial charge is 0.478 e. The number of rotatable bonds is 10. The molecule has 0 bridgehead atoms. The van der Waals surface area contributed by atoms with Crippen LogP contribution in [0.15, 0.2) is 53.5 Å². The fourth-order valence-corrected chi connectivity index (χ4v) is 7.05. The van der Waals surface area contributed by atoms with E-state index in [0.29, 0.717) is 59.0 Å². The first-order valence-corrected chi connectivity index (χ1v) is 17.5. The molecule has 16 heteroatoms. The van der Waals surface area contributed by atoms with Gasteiger partial charge in [0.2, 0.25) is 17.8 Å². The Hall–Kier alpha value is -5.70. The first kappa shape index (κ1) is 34.7. The third-order valence-corrected chi connectivity index (χ3v) is 9.98. The van der Waals surface area contributed by atoms with Crippen molar-refractivity contribution in [1.29, 1.82) is 0 Å². The van der Waals surface area contributed by atoms with E-state index in [0.717, 1.165) is 47.9 Å². The molecule has 3 aromatic heterocycles. The van der Waals surface area contributed by atoms with Gasteiger partial charge < -0.3 is 30.2 Å². The normalized spacial score (nSPS) is 17.7. The lowest BCUT2D eigenvalue weighted by atomic mass is 9.92. The van der Waals surface area contributed by atoms with Gasteiger partial charge in [0.1, 0.15) is 5.02 Å². The van der Waals surface area contributed by atoms with Crippen molar-refractivity contribution >= 4 is 74.3 Å². The molecule has 2 fully saturated rings. The number of aromatic nitrogens is 5. The maximum absolute atomic E-state index is 12.8. The highest BCUT2D eigenvalue weighted by atomic mass is 35.5. The van der Waals surface area contributed by atoms with Gasteiger partial charge in [-0.05, 0) is 67.6 Å². The molecule has 2 aliphatic heterocycles. The Morgan fingerprint density at radius 2 is 1.92 bits per heavy atom. The first-order valence-electron chi connectivity index (χ1n) is 17.1. The average molecular weight is 727 g/mol. The Bertz CT molecular complexity index is 2270. The zero-order valence-electron chi connectivity index (χ0n) is 29.0. The van der Waals surface area contributed by atoms with Crippen molar-refractivity contribution < 1.29 is 19.1 Å². The summed E-state index contributed by atoms with van der Waals surface area (Å²) in [6.45, 7) is 2.15. The number of hydrogen-bond acceptors (Lipinski definition) is 11. The predicted molar refractivity (Wildman–Crippen MR) is 198 cm³/mol. The van der Waals surface area contributed by atoms with Crippen molar-refractivity contribution in [2.75, 3.05) is 48.8 Å². The van der Waals surface area contributed by atoms with Crippen LogP contribution in [0.25, 0.3) is 21.8 Å². The van der Waals surface area contributed by atoms with Gasteiger partial charge in [0.05, 0.1) is 28.8 Å². The summed E-state index contributed by atoms with van der Waals surface area (Å²) in [4.78, 5) is 60.1. The number of amides is 3. The van der Waals surface area contributed by atoms with Gasteiger partial charge in [0.25, 0.3) is 11.5 Å². The zero-order valence-corrected chi connectivity index (χ0v) is 29.8. The van der Waals surface area contributed by atoms with Gasteiger partial charge in [-0.15, -0.1) is 0 Å². The molecule has 1 unspecified atom stereocenters. The lowest BCUT2D eigenvalue weighted by Gasteiger charge is -2.34. The molecule has 15 nitrogen and oxygen atoms in total. The van der Waals surface area contributed by atoms with Crippen LogP contribution in [0.2, 0.25) is 5.02 Å². The molecule has 270 valence electrons. The molecule has 2 aromatic carbocycles. The number of nitrogens with zero attached hydrogens (tertiary/aromatic N) is 6. The lowest BCUT2D eigenvalue weighted by molar-refractivity contribution is -0.134. The summed E-state index contributed by atoms with van der Waals surface area (Å²) >= 11 is 6.50. The number of piperidine rings is 2. The minimum atomic E-state index is -0.441. The number of anilines is 4. The van der Waals surface area contributed by atoms with Gasteiger partial charge in [0.15, 0.2) is 18.2 Å². The van der Waals surface area contributed by atoms with Crippen LogP contribution in [0.5, 0.6) is 5.75 Å². The molecule has 0 spiro atoms. The van der Waals surface area contributed by atoms with Crippen molar-refractivity contribution in [2.24, 2.45) is 20.0 Å². The Labute approximate surface area is 303 Å². The van der Waals surface area contributed by atoms with Gasteiger partial charge in [-0.2, -0.15) is 10.1 Å². The number of ether oxygens (including phenoxy) is 1. The number of carbonyl (C=O) groups excluding carboxylic acids is 3. The Kier molecular flexibility index (Phi) is 9.69. The molecule has 0 saturated carbocycles. The number of benzene rings is 2. The van der Waals surface area contributed by atoms with Crippen LogP contribution in [0, 0.1) is 5.92 Å². The number of nitrogens with one attached hydrogen (secondary N) is 4. The number of halogens is 1. The fraction of sp³-hybridized carbons (Fsp3) is 0.361. The highest BCUT2D eigenvalue weighted by Crippen LogP contribution is 2.34. The Balaban J connectivity index is 1.01. The maximum atomic E-state index is 12.8. The topological polar surface area (TPSA) is 177 Å². The second kappa shape index (κ2) is 14.5. The lowest BCUT2D eigenvalue weighted by Crippen LogP contribution is -2.39.